The van der Waals surface area contributed by atoms with Gasteiger partial charge in [-0.25, -0.2) is 0 Å². The zero-order valence-corrected chi connectivity index (χ0v) is 12.1. The van der Waals surface area contributed by atoms with Crippen molar-refractivity contribution in [1.29, 1.82) is 0 Å². The molecule has 0 fully saturated rings. The molecule has 20 heavy (non-hydrogen) atoms. The fourth-order valence-corrected chi connectivity index (χ4v) is 2.38. The molecule has 1 aromatic carbocycles. The van der Waals surface area contributed by atoms with Crippen molar-refractivity contribution >= 4 is 5.97 Å². The van der Waals surface area contributed by atoms with Gasteiger partial charge in [0.25, 0.3) is 0 Å². The average Bonchev–Trinajstić information content (AvgIpc) is 2.45. The van der Waals surface area contributed by atoms with E-state index in [0.29, 0.717) is 12.8 Å². The van der Waals surface area contributed by atoms with E-state index in [1.165, 1.54) is 23.8 Å². The van der Waals surface area contributed by atoms with Crippen LogP contribution in [0.4, 0.5) is 0 Å². The fraction of sp³-hybridized carbons (Fsp3) is 0.294. The number of carbonyl (C=O) groups excluding carboxylic acids is 1. The van der Waals surface area contributed by atoms with Crippen LogP contribution in [0, 0.1) is 13.8 Å². The highest BCUT2D eigenvalue weighted by atomic mass is 16.5. The van der Waals surface area contributed by atoms with Crippen LogP contribution < -0.4 is 0 Å². The molecule has 0 bridgehead atoms. The van der Waals surface area contributed by atoms with E-state index in [0.717, 1.165) is 11.1 Å². The number of rotatable bonds is 4. The predicted molar refractivity (Wildman–Crippen MR) is 79.5 cm³/mol. The first-order chi connectivity index (χ1) is 9.61. The lowest BCUT2D eigenvalue weighted by Crippen LogP contribution is -2.02. The molecule has 104 valence electrons. The summed E-state index contributed by atoms with van der Waals surface area (Å²) in [5.41, 5.74) is 5.84. The summed E-state index contributed by atoms with van der Waals surface area (Å²) in [7, 11) is 1.41. The molecule has 0 aliphatic heterocycles. The minimum atomic E-state index is -0.192. The predicted octanol–water partition coefficient (Wildman–Crippen LogP) is 3.47. The van der Waals surface area contributed by atoms with Crippen LogP contribution in [0.2, 0.25) is 0 Å². The third-order valence-electron chi connectivity index (χ3n) is 3.41. The Labute approximate surface area is 119 Å². The zero-order valence-electron chi connectivity index (χ0n) is 12.1. The maximum Gasteiger partial charge on any atom is 0.305 e. The Balaban J connectivity index is 2.28. The van der Waals surface area contributed by atoms with Crippen LogP contribution in [0.15, 0.2) is 36.7 Å². The van der Waals surface area contributed by atoms with Crippen molar-refractivity contribution in [3.05, 3.63) is 53.3 Å². The minimum absolute atomic E-state index is 0.192. The molecule has 2 aromatic rings. The van der Waals surface area contributed by atoms with Crippen molar-refractivity contribution in [2.45, 2.75) is 26.7 Å². The molecule has 0 unspecified atom stereocenters. The first-order valence-electron chi connectivity index (χ1n) is 6.69. The number of ether oxygens (including phenoxy) is 1. The SMILES string of the molecule is COC(=O)CCc1cncc(-c2c(C)cccc2C)c1. The van der Waals surface area contributed by atoms with E-state index in [-0.39, 0.29) is 5.97 Å². The summed E-state index contributed by atoms with van der Waals surface area (Å²) in [6.45, 7) is 4.20. The molecule has 0 saturated heterocycles. The van der Waals surface area contributed by atoms with Gasteiger partial charge in [-0.3, -0.25) is 9.78 Å². The molecule has 1 heterocycles. The molecule has 3 heteroatoms. The zero-order chi connectivity index (χ0) is 14.5. The molecular weight excluding hydrogens is 250 g/mol. The molecule has 0 saturated carbocycles. The van der Waals surface area contributed by atoms with E-state index in [4.69, 9.17) is 0 Å². The number of esters is 1. The van der Waals surface area contributed by atoms with Crippen molar-refractivity contribution in [2.24, 2.45) is 0 Å². The van der Waals surface area contributed by atoms with E-state index in [2.05, 4.69) is 47.8 Å². The average molecular weight is 269 g/mol. The van der Waals surface area contributed by atoms with E-state index < -0.39 is 0 Å². The Morgan fingerprint density at radius 3 is 2.55 bits per heavy atom. The number of pyridine rings is 1. The first-order valence-corrected chi connectivity index (χ1v) is 6.69. The van der Waals surface area contributed by atoms with Gasteiger partial charge in [0.15, 0.2) is 0 Å². The van der Waals surface area contributed by atoms with Crippen LogP contribution in [-0.4, -0.2) is 18.1 Å². The highest BCUT2D eigenvalue weighted by Gasteiger charge is 2.07. The van der Waals surface area contributed by atoms with E-state index in [9.17, 15) is 4.79 Å². The second-order valence-electron chi connectivity index (χ2n) is 4.92. The third kappa shape index (κ3) is 3.23. The summed E-state index contributed by atoms with van der Waals surface area (Å²) in [6, 6.07) is 8.36. The molecule has 1 aromatic heterocycles. The Morgan fingerprint density at radius 2 is 1.90 bits per heavy atom. The van der Waals surface area contributed by atoms with Gasteiger partial charge in [0, 0.05) is 24.4 Å². The summed E-state index contributed by atoms with van der Waals surface area (Å²) >= 11 is 0. The summed E-state index contributed by atoms with van der Waals surface area (Å²) in [5, 5.41) is 0. The second-order valence-corrected chi connectivity index (χ2v) is 4.92. The number of nitrogens with zero attached hydrogens (tertiary/aromatic N) is 1. The number of carbonyl (C=O) groups is 1. The molecule has 2 rings (SSSR count). The normalized spacial score (nSPS) is 10.3. The van der Waals surface area contributed by atoms with Gasteiger partial charge in [0.05, 0.1) is 7.11 Å². The third-order valence-corrected chi connectivity index (χ3v) is 3.41. The van der Waals surface area contributed by atoms with Gasteiger partial charge in [-0.2, -0.15) is 0 Å². The number of hydrogen-bond acceptors (Lipinski definition) is 3. The van der Waals surface area contributed by atoms with Gasteiger partial charge in [0.2, 0.25) is 0 Å². The van der Waals surface area contributed by atoms with Gasteiger partial charge in [0.1, 0.15) is 0 Å². The van der Waals surface area contributed by atoms with Gasteiger partial charge in [-0.05, 0) is 48.6 Å². The monoisotopic (exact) mass is 269 g/mol. The van der Waals surface area contributed by atoms with E-state index >= 15 is 0 Å². The number of aromatic nitrogens is 1. The van der Waals surface area contributed by atoms with Gasteiger partial charge in [-0.1, -0.05) is 18.2 Å². The maximum absolute atomic E-state index is 11.2. The van der Waals surface area contributed by atoms with Crippen molar-refractivity contribution in [1.82, 2.24) is 4.98 Å². The minimum Gasteiger partial charge on any atom is -0.469 e. The summed E-state index contributed by atoms with van der Waals surface area (Å²) in [6.07, 6.45) is 4.71. The summed E-state index contributed by atoms with van der Waals surface area (Å²) in [4.78, 5) is 15.5. The van der Waals surface area contributed by atoms with E-state index in [1.807, 2.05) is 6.20 Å². The van der Waals surface area contributed by atoms with Crippen molar-refractivity contribution in [3.63, 3.8) is 0 Å². The van der Waals surface area contributed by atoms with Crippen LogP contribution in [0.25, 0.3) is 11.1 Å². The topological polar surface area (TPSA) is 39.2 Å². The molecule has 3 nitrogen and oxygen atoms in total. The van der Waals surface area contributed by atoms with Crippen molar-refractivity contribution < 1.29 is 9.53 Å². The van der Waals surface area contributed by atoms with Crippen LogP contribution in [0.5, 0.6) is 0 Å². The summed E-state index contributed by atoms with van der Waals surface area (Å²) in [5.74, 6) is -0.192. The molecule has 0 radical (unpaired) electrons. The highest BCUT2D eigenvalue weighted by molar-refractivity contribution is 5.71. The largest absolute Gasteiger partial charge is 0.469 e. The standard InChI is InChI=1S/C17H19NO2/c1-12-5-4-6-13(2)17(12)15-9-14(10-18-11-15)7-8-16(19)20-3/h4-6,9-11H,7-8H2,1-3H3. The Hall–Kier alpha value is -2.16. The van der Waals surface area contributed by atoms with Crippen LogP contribution >= 0.6 is 0 Å². The molecule has 0 amide bonds. The highest BCUT2D eigenvalue weighted by Crippen LogP contribution is 2.27. The van der Waals surface area contributed by atoms with Crippen LogP contribution in [0.3, 0.4) is 0 Å². The molecular formula is C17H19NO2. The Bertz CT molecular complexity index is 600. The quantitative estimate of drug-likeness (QED) is 0.798. The number of hydrogen-bond donors (Lipinski definition) is 0. The second kappa shape index (κ2) is 6.33. The fourth-order valence-electron chi connectivity index (χ4n) is 2.38. The van der Waals surface area contributed by atoms with Crippen molar-refractivity contribution in [3.8, 4) is 11.1 Å². The first kappa shape index (κ1) is 14.3. The van der Waals surface area contributed by atoms with Crippen LogP contribution in [-0.2, 0) is 16.0 Å². The molecule has 0 aliphatic rings. The Kier molecular flexibility index (Phi) is 4.51. The van der Waals surface area contributed by atoms with Crippen molar-refractivity contribution in [2.75, 3.05) is 7.11 Å². The van der Waals surface area contributed by atoms with Gasteiger partial charge in [-0.15, -0.1) is 0 Å². The lowest BCUT2D eigenvalue weighted by atomic mass is 9.96. The lowest BCUT2D eigenvalue weighted by molar-refractivity contribution is -0.140. The van der Waals surface area contributed by atoms with Gasteiger partial charge < -0.3 is 4.74 Å². The molecule has 0 spiro atoms. The van der Waals surface area contributed by atoms with Gasteiger partial charge >= 0.3 is 5.97 Å². The maximum atomic E-state index is 11.2. The number of benzene rings is 1. The molecule has 0 aliphatic carbocycles. The number of methoxy groups -OCH3 is 1. The lowest BCUT2D eigenvalue weighted by Gasteiger charge is -2.10. The Morgan fingerprint density at radius 1 is 1.20 bits per heavy atom. The van der Waals surface area contributed by atoms with E-state index in [1.54, 1.807) is 6.20 Å². The number of aryl methyl sites for hydroxylation is 3. The van der Waals surface area contributed by atoms with Crippen LogP contribution in [0.1, 0.15) is 23.1 Å². The smallest absolute Gasteiger partial charge is 0.305 e. The summed E-state index contributed by atoms with van der Waals surface area (Å²) < 4.78 is 4.67. The molecule has 0 N–H and O–H groups in total. The molecule has 0 atom stereocenters.